The standard InChI is InChI=1S/C14H21NS.HI/c1-3-4-5-8-11-15-12(2)16-14-10-7-6-9-13(14)15;/h6-7,9-10,12H,3-5,8,11H2,1-2H3;1H. The molecule has 1 nitrogen and oxygen atoms in total. The van der Waals surface area contributed by atoms with E-state index in [4.69, 9.17) is 0 Å². The van der Waals surface area contributed by atoms with Gasteiger partial charge in [-0.3, -0.25) is 0 Å². The molecule has 1 unspecified atom stereocenters. The van der Waals surface area contributed by atoms with Crippen LogP contribution in [0.1, 0.15) is 39.5 Å². The maximum absolute atomic E-state index is 2.55. The number of unbranched alkanes of at least 4 members (excludes halogenated alkanes) is 3. The summed E-state index contributed by atoms with van der Waals surface area (Å²) in [5.41, 5.74) is 1.44. The number of thioether (sulfide) groups is 1. The summed E-state index contributed by atoms with van der Waals surface area (Å²) in [7, 11) is 0. The molecule has 1 aliphatic heterocycles. The second-order valence-corrected chi connectivity index (χ2v) is 5.80. The van der Waals surface area contributed by atoms with Crippen LogP contribution in [-0.4, -0.2) is 11.9 Å². The second kappa shape index (κ2) is 7.52. The Balaban J connectivity index is 0.00000144. The van der Waals surface area contributed by atoms with E-state index in [1.807, 2.05) is 11.8 Å². The lowest BCUT2D eigenvalue weighted by molar-refractivity contribution is 0.643. The molecule has 1 heterocycles. The molecule has 0 bridgehead atoms. The Morgan fingerprint density at radius 2 is 1.94 bits per heavy atom. The third kappa shape index (κ3) is 3.78. The topological polar surface area (TPSA) is 3.24 Å². The molecule has 0 N–H and O–H groups in total. The first-order valence-corrected chi connectivity index (χ1v) is 7.23. The normalized spacial score (nSPS) is 17.8. The molecule has 1 aromatic carbocycles. The average molecular weight is 363 g/mol. The van der Waals surface area contributed by atoms with Gasteiger partial charge in [-0.1, -0.05) is 50.1 Å². The van der Waals surface area contributed by atoms with Crippen molar-refractivity contribution in [3.63, 3.8) is 0 Å². The molecule has 0 amide bonds. The molecular weight excluding hydrogens is 341 g/mol. The van der Waals surface area contributed by atoms with Crippen molar-refractivity contribution >= 4 is 41.4 Å². The Hall–Kier alpha value is 0.1000. The fourth-order valence-electron chi connectivity index (χ4n) is 2.25. The van der Waals surface area contributed by atoms with Gasteiger partial charge < -0.3 is 4.90 Å². The fraction of sp³-hybridized carbons (Fsp3) is 0.571. The Morgan fingerprint density at radius 1 is 1.18 bits per heavy atom. The predicted octanol–water partition coefficient (Wildman–Crippen LogP) is 5.14. The van der Waals surface area contributed by atoms with Crippen molar-refractivity contribution in [3.05, 3.63) is 24.3 Å². The summed E-state index contributed by atoms with van der Waals surface area (Å²) in [6.45, 7) is 5.79. The summed E-state index contributed by atoms with van der Waals surface area (Å²) >= 11 is 1.99. The molecule has 0 saturated carbocycles. The number of nitrogens with zero attached hydrogens (tertiary/aromatic N) is 1. The Morgan fingerprint density at radius 3 is 2.71 bits per heavy atom. The van der Waals surface area contributed by atoms with Gasteiger partial charge in [0, 0.05) is 11.4 Å². The summed E-state index contributed by atoms with van der Waals surface area (Å²) in [4.78, 5) is 4.00. The molecule has 1 aromatic rings. The SMILES string of the molecule is CCCCCCN1c2ccccc2SC1C.I. The average Bonchev–Trinajstić information content (AvgIpc) is 2.61. The zero-order chi connectivity index (χ0) is 11.4. The number of rotatable bonds is 5. The molecule has 0 aromatic heterocycles. The Labute approximate surface area is 126 Å². The highest BCUT2D eigenvalue weighted by Crippen LogP contribution is 2.42. The third-order valence-electron chi connectivity index (χ3n) is 3.16. The van der Waals surface area contributed by atoms with E-state index in [0.29, 0.717) is 5.37 Å². The van der Waals surface area contributed by atoms with Crippen LogP contribution in [-0.2, 0) is 0 Å². The molecule has 1 aliphatic rings. The smallest absolute Gasteiger partial charge is 0.0769 e. The zero-order valence-electron chi connectivity index (χ0n) is 10.7. The van der Waals surface area contributed by atoms with E-state index in [1.54, 1.807) is 0 Å². The van der Waals surface area contributed by atoms with E-state index < -0.39 is 0 Å². The fourth-order valence-corrected chi connectivity index (χ4v) is 3.43. The van der Waals surface area contributed by atoms with Crippen LogP contribution < -0.4 is 4.90 Å². The van der Waals surface area contributed by atoms with Crippen LogP contribution >= 0.6 is 35.7 Å². The number of para-hydroxylation sites is 1. The quantitative estimate of drug-likeness (QED) is 0.526. The van der Waals surface area contributed by atoms with Crippen LogP contribution in [0.25, 0.3) is 0 Å². The molecule has 0 radical (unpaired) electrons. The highest BCUT2D eigenvalue weighted by atomic mass is 127. The summed E-state index contributed by atoms with van der Waals surface area (Å²) < 4.78 is 0. The molecule has 0 aliphatic carbocycles. The summed E-state index contributed by atoms with van der Waals surface area (Å²) in [6.07, 6.45) is 5.39. The van der Waals surface area contributed by atoms with E-state index in [-0.39, 0.29) is 24.0 Å². The number of hydrogen-bond donors (Lipinski definition) is 0. The van der Waals surface area contributed by atoms with Crippen molar-refractivity contribution in [1.82, 2.24) is 0 Å². The van der Waals surface area contributed by atoms with Gasteiger partial charge in [0.2, 0.25) is 0 Å². The van der Waals surface area contributed by atoms with Gasteiger partial charge in [0.05, 0.1) is 11.1 Å². The van der Waals surface area contributed by atoms with Gasteiger partial charge in [-0.25, -0.2) is 0 Å². The highest BCUT2D eigenvalue weighted by molar-refractivity contribution is 14.0. The first-order chi connectivity index (χ1) is 7.83. The molecule has 0 saturated heterocycles. The van der Waals surface area contributed by atoms with Crippen LogP contribution in [0.5, 0.6) is 0 Å². The summed E-state index contributed by atoms with van der Waals surface area (Å²) in [5, 5.41) is 0.610. The minimum atomic E-state index is 0. The minimum Gasteiger partial charge on any atom is -0.359 e. The maximum atomic E-state index is 2.55. The number of fused-ring (bicyclic) bond motifs is 1. The van der Waals surface area contributed by atoms with Gasteiger partial charge in [0.25, 0.3) is 0 Å². The van der Waals surface area contributed by atoms with Crippen molar-refractivity contribution in [2.75, 3.05) is 11.4 Å². The molecular formula is C14H22INS. The van der Waals surface area contributed by atoms with Crippen LogP contribution in [0.4, 0.5) is 5.69 Å². The third-order valence-corrected chi connectivity index (χ3v) is 4.36. The molecule has 0 spiro atoms. The first kappa shape index (κ1) is 15.2. The lowest BCUT2D eigenvalue weighted by atomic mass is 10.2. The van der Waals surface area contributed by atoms with Crippen LogP contribution in [0, 0.1) is 0 Å². The number of anilines is 1. The van der Waals surface area contributed by atoms with Gasteiger partial charge in [0.1, 0.15) is 0 Å². The van der Waals surface area contributed by atoms with Crippen molar-refractivity contribution < 1.29 is 0 Å². The van der Waals surface area contributed by atoms with Crippen LogP contribution in [0.3, 0.4) is 0 Å². The summed E-state index contributed by atoms with van der Waals surface area (Å²) in [5.74, 6) is 0. The second-order valence-electron chi connectivity index (χ2n) is 4.44. The van der Waals surface area contributed by atoms with Crippen molar-refractivity contribution in [1.29, 1.82) is 0 Å². The van der Waals surface area contributed by atoms with Gasteiger partial charge in [0.15, 0.2) is 0 Å². The monoisotopic (exact) mass is 363 g/mol. The molecule has 3 heteroatoms. The largest absolute Gasteiger partial charge is 0.359 e. The van der Waals surface area contributed by atoms with Crippen molar-refractivity contribution in [3.8, 4) is 0 Å². The first-order valence-electron chi connectivity index (χ1n) is 6.35. The van der Waals surface area contributed by atoms with E-state index in [0.717, 1.165) is 0 Å². The lowest BCUT2D eigenvalue weighted by Crippen LogP contribution is -2.27. The van der Waals surface area contributed by atoms with E-state index in [9.17, 15) is 0 Å². The zero-order valence-corrected chi connectivity index (χ0v) is 13.8. The van der Waals surface area contributed by atoms with Crippen molar-refractivity contribution in [2.45, 2.75) is 49.8 Å². The Bertz CT molecular complexity index is 343. The van der Waals surface area contributed by atoms with Gasteiger partial charge in [-0.15, -0.1) is 24.0 Å². The predicted molar refractivity (Wildman–Crippen MR) is 88.7 cm³/mol. The highest BCUT2D eigenvalue weighted by Gasteiger charge is 2.25. The van der Waals surface area contributed by atoms with Gasteiger partial charge >= 0.3 is 0 Å². The van der Waals surface area contributed by atoms with E-state index >= 15 is 0 Å². The molecule has 17 heavy (non-hydrogen) atoms. The van der Waals surface area contributed by atoms with Crippen LogP contribution in [0.2, 0.25) is 0 Å². The van der Waals surface area contributed by atoms with Crippen molar-refractivity contribution in [2.24, 2.45) is 0 Å². The van der Waals surface area contributed by atoms with E-state index in [2.05, 4.69) is 43.0 Å². The van der Waals surface area contributed by atoms with Gasteiger partial charge in [-0.05, 0) is 25.5 Å². The van der Waals surface area contributed by atoms with E-state index in [1.165, 1.54) is 42.8 Å². The molecule has 0 fully saturated rings. The summed E-state index contributed by atoms with van der Waals surface area (Å²) in [6, 6.07) is 8.78. The molecule has 2 rings (SSSR count). The number of halogens is 1. The molecule has 96 valence electrons. The Kier molecular flexibility index (Phi) is 6.70. The maximum Gasteiger partial charge on any atom is 0.0769 e. The minimum absolute atomic E-state index is 0. The molecule has 1 atom stereocenters. The van der Waals surface area contributed by atoms with Crippen LogP contribution in [0.15, 0.2) is 29.2 Å². The number of hydrogen-bond acceptors (Lipinski definition) is 2. The van der Waals surface area contributed by atoms with Gasteiger partial charge in [-0.2, -0.15) is 0 Å². The number of benzene rings is 1. The lowest BCUT2D eigenvalue weighted by Gasteiger charge is -2.23.